The fraction of sp³-hybridized carbons (Fsp3) is 0.235. The number of nitrogen functional groups attached to an aromatic ring is 1. The number of esters is 2. The van der Waals surface area contributed by atoms with Gasteiger partial charge in [0, 0.05) is 122 Å². The summed E-state index contributed by atoms with van der Waals surface area (Å²) in [6.07, 6.45) is 4.43. The number of rotatable bonds is 24. The van der Waals surface area contributed by atoms with E-state index in [1.54, 1.807) is 134 Å². The number of hydrogen-bond donors (Lipinski definition) is 6. The number of hydrogen-bond acceptors (Lipinski definition) is 25. The maximum atomic E-state index is 13.2. The SMILES string of the molecule is CCOC(=O)CCN(C(=O)c1ccc2c(c1)nc(OC)n2C)c1ccccn1.CCOC(=O)CCNc1ccccn1.CNc1ccc(C(=O)O)cc1N.CNc1ccc(C(=O)O)cc1[N+](=O)[O-].Cn1c(C(Cl)Cl)nc2cc(OC=O)ccc21.Cn1c(C=O)nc2cc(OC=O)ccc21.II.O=C(Cl)C(Cl)Cl. The molecular weight excluding hydrogens is 1730 g/mol. The molecule has 0 saturated heterocycles. The van der Waals surface area contributed by atoms with Gasteiger partial charge in [-0.05, 0) is 123 Å². The molecular formula is C68H71Cl5I2N14O18. The van der Waals surface area contributed by atoms with Gasteiger partial charge >= 0.3 is 23.9 Å². The van der Waals surface area contributed by atoms with E-state index >= 15 is 0 Å². The molecule has 0 aliphatic carbocycles. The molecule has 7 N–H and O–H groups in total. The topological polar surface area (TPSA) is 428 Å². The van der Waals surface area contributed by atoms with Gasteiger partial charge in [0.2, 0.25) is 0 Å². The van der Waals surface area contributed by atoms with E-state index in [-0.39, 0.29) is 47.6 Å². The third-order valence-corrected chi connectivity index (χ3v) is 15.0. The van der Waals surface area contributed by atoms with Gasteiger partial charge in [0.15, 0.2) is 21.8 Å². The van der Waals surface area contributed by atoms with Crippen LogP contribution in [0.1, 0.15) is 79.0 Å². The van der Waals surface area contributed by atoms with E-state index < -0.39 is 31.8 Å². The zero-order valence-corrected chi connectivity index (χ0v) is 66.1. The van der Waals surface area contributed by atoms with Crippen molar-refractivity contribution in [2.75, 3.05) is 74.1 Å². The van der Waals surface area contributed by atoms with Crippen molar-refractivity contribution in [3.63, 3.8) is 0 Å². The van der Waals surface area contributed by atoms with Crippen molar-refractivity contribution in [1.29, 1.82) is 0 Å². The van der Waals surface area contributed by atoms with E-state index in [1.807, 2.05) is 38.4 Å². The van der Waals surface area contributed by atoms with Crippen molar-refractivity contribution in [3.05, 3.63) is 178 Å². The van der Waals surface area contributed by atoms with Crippen LogP contribution < -0.4 is 40.8 Å². The second-order valence-electron chi connectivity index (χ2n) is 20.5. The lowest BCUT2D eigenvalue weighted by Gasteiger charge is -2.21. The summed E-state index contributed by atoms with van der Waals surface area (Å²) in [5.74, 6) is 0.0229. The largest absolute Gasteiger partial charge is 0.478 e. The third-order valence-electron chi connectivity index (χ3n) is 13.8. The second kappa shape index (κ2) is 48.1. The van der Waals surface area contributed by atoms with Crippen LogP contribution in [0.25, 0.3) is 33.1 Å². The lowest BCUT2D eigenvalue weighted by Crippen LogP contribution is -2.34. The van der Waals surface area contributed by atoms with Crippen molar-refractivity contribution in [2.24, 2.45) is 21.1 Å². The van der Waals surface area contributed by atoms with E-state index in [2.05, 4.69) is 82.8 Å². The molecule has 0 bridgehead atoms. The van der Waals surface area contributed by atoms with Gasteiger partial charge in [0.1, 0.15) is 34.6 Å². The molecule has 39 heteroatoms. The number of aromatic carboxylic acids is 2. The molecule has 1 amide bonds. The number of carbonyl (C=O) groups is 9. The van der Waals surface area contributed by atoms with Crippen LogP contribution in [0, 0.1) is 10.1 Å². The van der Waals surface area contributed by atoms with Crippen LogP contribution in [0.2, 0.25) is 0 Å². The van der Waals surface area contributed by atoms with E-state index in [9.17, 15) is 53.3 Å². The number of nitro benzene ring substituents is 1. The number of nitrogens with zero attached hydrogens (tertiary/aromatic N) is 10. The van der Waals surface area contributed by atoms with Crippen LogP contribution in [0.5, 0.6) is 17.5 Å². The normalized spacial score (nSPS) is 9.99. The van der Waals surface area contributed by atoms with Crippen LogP contribution in [0.4, 0.5) is 34.4 Å². The minimum atomic E-state index is -1.18. The van der Waals surface area contributed by atoms with Crippen molar-refractivity contribution in [2.45, 2.75) is 36.4 Å². The Bertz CT molecular complexity index is 4620. The molecule has 10 aromatic rings. The summed E-state index contributed by atoms with van der Waals surface area (Å²) in [6, 6.07) is 35.0. The highest BCUT2D eigenvalue weighted by Crippen LogP contribution is 2.30. The van der Waals surface area contributed by atoms with Gasteiger partial charge in [-0.1, -0.05) is 58.5 Å². The number of alkyl halides is 4. The number of benzene rings is 5. The minimum Gasteiger partial charge on any atom is -0.478 e. The molecule has 0 aliphatic rings. The Hall–Kier alpha value is -10.3. The van der Waals surface area contributed by atoms with Gasteiger partial charge in [-0.3, -0.25) is 53.1 Å². The number of amides is 1. The van der Waals surface area contributed by atoms with Crippen LogP contribution in [0.3, 0.4) is 0 Å². The average molecular weight is 1800 g/mol. The number of pyridine rings is 2. The van der Waals surface area contributed by atoms with Crippen molar-refractivity contribution < 1.29 is 82.0 Å². The van der Waals surface area contributed by atoms with Crippen LogP contribution >= 0.6 is 95.2 Å². The molecule has 0 radical (unpaired) electrons. The summed E-state index contributed by atoms with van der Waals surface area (Å²) >= 11 is 30.3. The Morgan fingerprint density at radius 2 is 1.16 bits per heavy atom. The highest BCUT2D eigenvalue weighted by Gasteiger charge is 2.23. The number of nitro groups is 1. The molecule has 570 valence electrons. The van der Waals surface area contributed by atoms with E-state index in [0.29, 0.717) is 114 Å². The first-order valence-electron chi connectivity index (χ1n) is 30.8. The van der Waals surface area contributed by atoms with E-state index in [4.69, 9.17) is 92.9 Å². The summed E-state index contributed by atoms with van der Waals surface area (Å²) in [5.41, 5.74) is 11.8. The van der Waals surface area contributed by atoms with Crippen LogP contribution in [-0.2, 0) is 54.6 Å². The number of halogens is 7. The van der Waals surface area contributed by atoms with E-state index in [0.717, 1.165) is 34.1 Å². The molecule has 0 spiro atoms. The van der Waals surface area contributed by atoms with Gasteiger partial charge in [-0.15, -0.1) is 0 Å². The molecule has 107 heavy (non-hydrogen) atoms. The van der Waals surface area contributed by atoms with Gasteiger partial charge in [-0.25, -0.2) is 29.5 Å². The number of methoxy groups -OCH3 is 1. The Balaban J connectivity index is 0.000000334. The van der Waals surface area contributed by atoms with E-state index in [1.165, 1.54) is 36.2 Å². The number of aldehydes is 1. The zero-order valence-electron chi connectivity index (χ0n) is 58.0. The molecule has 0 unspecified atom stereocenters. The predicted molar refractivity (Wildman–Crippen MR) is 424 cm³/mol. The van der Waals surface area contributed by atoms with Crippen LogP contribution in [-0.4, -0.2) is 160 Å². The first kappa shape index (κ1) is 91.0. The monoisotopic (exact) mass is 1800 g/mol. The molecule has 32 nitrogen and oxygen atoms in total. The standard InChI is InChI=1S/C20H22N4O4.C10H8Cl2N2O2.C10H8N2O3.C10H14N2O2.C8H8N2O4.C8H10N2O2.C2HCl3O.I2/c1-4-28-18(25)10-12-24(17-7-5-6-11-21-17)19(26)14-8-9-16-15(13-14)22-20(27-3)23(16)2;1-14-8-3-2-6(16-5-15)4-7(8)13-10(14)9(11)12;1-12-9-3-2-7(15-6-14)4-8(9)11-10(12)5-13;1-2-14-10(13)6-8-12-9-5-3-4-7-11-9;1-9-6-3-2-5(8(11)12)4-7(6)10(13)14;1-10-7-3-2-5(8(11)12)4-6(7)9;3-1(4)2(5)6;1-2/h5-9,11,13H,4,10,12H2,1-3H3;2-5,9H,1H3;2-6H,1H3;3-5,7H,2,6,8H2,1H3,(H,11,12);2-4,9H,1H3,(H,11,12);2-4,10H,9H2,1H3,(H,11,12);1H;. The predicted octanol–water partition coefficient (Wildman–Crippen LogP) is 13.2. The highest BCUT2D eigenvalue weighted by molar-refractivity contribution is 15.0. The van der Waals surface area contributed by atoms with Gasteiger partial charge < -0.3 is 64.7 Å². The van der Waals surface area contributed by atoms with Crippen molar-refractivity contribution in [3.8, 4) is 17.5 Å². The molecule has 0 fully saturated rings. The number of nitrogens with one attached hydrogen (secondary N) is 3. The molecule has 10 rings (SSSR count). The third kappa shape index (κ3) is 29.2. The summed E-state index contributed by atoms with van der Waals surface area (Å²) < 4.78 is 29.7. The van der Waals surface area contributed by atoms with Gasteiger partial charge in [0.25, 0.3) is 35.8 Å². The van der Waals surface area contributed by atoms with Crippen molar-refractivity contribution in [1.82, 2.24) is 38.6 Å². The lowest BCUT2D eigenvalue weighted by atomic mass is 10.1. The molecule has 5 heterocycles. The number of carboxylic acids is 2. The van der Waals surface area contributed by atoms with Crippen LogP contribution in [0.15, 0.2) is 140 Å². The smallest absolute Gasteiger partial charge is 0.335 e. The summed E-state index contributed by atoms with van der Waals surface area (Å²) in [6.45, 7) is 5.72. The quantitative estimate of drug-likeness (QED) is 0.00478. The number of anilines is 5. The number of carboxylic acid groups (broad SMARTS) is 2. The number of carbonyl (C=O) groups excluding carboxylic acids is 7. The second-order valence-corrected chi connectivity index (χ2v) is 23.0. The molecule has 0 saturated carbocycles. The average Bonchev–Trinajstić information content (AvgIpc) is 1.69. The number of ether oxygens (including phenoxy) is 5. The lowest BCUT2D eigenvalue weighted by molar-refractivity contribution is -0.384. The number of fused-ring (bicyclic) bond motifs is 3. The first-order valence-corrected chi connectivity index (χ1v) is 39.2. The molecule has 5 aromatic carbocycles. The highest BCUT2D eigenvalue weighted by atomic mass is 128. The number of nitrogens with two attached hydrogens (primary N) is 1. The minimum absolute atomic E-state index is 0.0792. The van der Waals surface area contributed by atoms with Gasteiger partial charge in [-0.2, -0.15) is 4.98 Å². The molecule has 0 atom stereocenters. The molecule has 0 aliphatic heterocycles. The maximum Gasteiger partial charge on any atom is 0.335 e. The Morgan fingerprint density at radius 1 is 0.654 bits per heavy atom. The summed E-state index contributed by atoms with van der Waals surface area (Å²) in [4.78, 5) is 128. The fourth-order valence-corrected chi connectivity index (χ4v) is 9.21. The summed E-state index contributed by atoms with van der Waals surface area (Å²) in [5, 5.41) is 35.5. The Kier molecular flexibility index (Phi) is 40.8. The number of aryl methyl sites for hydroxylation is 3. The first-order chi connectivity index (χ1) is 51.1. The Labute approximate surface area is 659 Å². The summed E-state index contributed by atoms with van der Waals surface area (Å²) in [7, 11) is 10.2. The fourth-order valence-electron chi connectivity index (χ4n) is 8.82. The zero-order chi connectivity index (χ0) is 79.9. The van der Waals surface area contributed by atoms with Crippen molar-refractivity contribution >= 4 is 217 Å². The Morgan fingerprint density at radius 3 is 1.64 bits per heavy atom. The number of aromatic nitrogens is 8. The maximum absolute atomic E-state index is 13.2. The van der Waals surface area contributed by atoms with Gasteiger partial charge in [0.05, 0.1) is 93.7 Å². The molecule has 5 aromatic heterocycles. The number of imidazole rings is 3.